The summed E-state index contributed by atoms with van der Waals surface area (Å²) in [6.07, 6.45) is 0.951. The van der Waals surface area contributed by atoms with Gasteiger partial charge in [0.2, 0.25) is 11.8 Å². The van der Waals surface area contributed by atoms with Crippen LogP contribution in [-0.2, 0) is 22.4 Å². The number of nitrogens with zero attached hydrogens (tertiary/aromatic N) is 2. The summed E-state index contributed by atoms with van der Waals surface area (Å²) in [5.41, 5.74) is 1.12. The van der Waals surface area contributed by atoms with Crippen LogP contribution in [0.5, 0.6) is 0 Å². The Bertz CT molecular complexity index is 944. The number of benzene rings is 2. The normalized spacial score (nSPS) is 21.8. The largest absolute Gasteiger partial charge is 0.340 e. The highest BCUT2D eigenvalue weighted by molar-refractivity contribution is 6.00. The Morgan fingerprint density at radius 3 is 2.45 bits per heavy atom. The van der Waals surface area contributed by atoms with Gasteiger partial charge in [0, 0.05) is 31.5 Å². The molecule has 0 spiro atoms. The smallest absolute Gasteiger partial charge is 0.272 e. The predicted octanol–water partition coefficient (Wildman–Crippen LogP) is 2.79. The molecule has 2 aromatic carbocycles. The van der Waals surface area contributed by atoms with Crippen LogP contribution in [0.3, 0.4) is 0 Å². The number of amides is 2. The Kier molecular flexibility index (Phi) is 5.68. The van der Waals surface area contributed by atoms with Gasteiger partial charge in [-0.1, -0.05) is 49.4 Å². The fourth-order valence-corrected chi connectivity index (χ4v) is 4.00. The van der Waals surface area contributed by atoms with Gasteiger partial charge in [-0.2, -0.15) is 0 Å². The van der Waals surface area contributed by atoms with Gasteiger partial charge in [0.25, 0.3) is 5.69 Å². The van der Waals surface area contributed by atoms with Crippen molar-refractivity contribution in [3.63, 3.8) is 0 Å². The molecule has 7 nitrogen and oxygen atoms in total. The molecule has 0 radical (unpaired) electrons. The molecular weight excluding hydrogens is 370 g/mol. The van der Waals surface area contributed by atoms with E-state index in [9.17, 15) is 19.7 Å². The van der Waals surface area contributed by atoms with Gasteiger partial charge in [-0.05, 0) is 24.5 Å². The van der Waals surface area contributed by atoms with Gasteiger partial charge in [0.1, 0.15) is 11.6 Å². The van der Waals surface area contributed by atoms with Crippen LogP contribution in [0.15, 0.2) is 48.5 Å². The molecule has 1 saturated heterocycles. The molecule has 1 aliphatic heterocycles. The van der Waals surface area contributed by atoms with Crippen molar-refractivity contribution in [3.05, 3.63) is 75.3 Å². The second-order valence-corrected chi connectivity index (χ2v) is 7.55. The maximum atomic E-state index is 13.3. The van der Waals surface area contributed by atoms with E-state index >= 15 is 0 Å². The van der Waals surface area contributed by atoms with Crippen molar-refractivity contribution in [2.75, 3.05) is 7.05 Å². The summed E-state index contributed by atoms with van der Waals surface area (Å²) in [5, 5.41) is 14.4. The minimum Gasteiger partial charge on any atom is -0.340 e. The predicted molar refractivity (Wildman–Crippen MR) is 109 cm³/mol. The third-order valence-electron chi connectivity index (χ3n) is 5.79. The van der Waals surface area contributed by atoms with E-state index in [1.165, 1.54) is 11.0 Å². The number of carbonyl (C=O) groups excluding carboxylic acids is 2. The molecule has 2 aromatic rings. The molecule has 0 saturated carbocycles. The summed E-state index contributed by atoms with van der Waals surface area (Å²) in [5.74, 6) is -0.466. The molecule has 0 bridgehead atoms. The molecule has 0 aromatic heterocycles. The highest BCUT2D eigenvalue weighted by Gasteiger charge is 2.48. The maximum absolute atomic E-state index is 13.3. The fraction of sp³-hybridized carbons (Fsp3) is 0.364. The zero-order chi connectivity index (χ0) is 21.2. The number of likely N-dealkylation sites (N-methyl/N-ethyl adjacent to an activating group) is 1. The monoisotopic (exact) mass is 395 g/mol. The average molecular weight is 395 g/mol. The van der Waals surface area contributed by atoms with Crippen LogP contribution >= 0.6 is 0 Å². The minimum atomic E-state index is -1.01. The van der Waals surface area contributed by atoms with Crippen LogP contribution in [0.4, 0.5) is 5.69 Å². The SMILES string of the molecule is CCC1(Cc2ccccc2)NC(=O)C(Cc2c(C)cccc2[N+](=O)[O-])N(C)C1=O. The molecule has 0 aliphatic carbocycles. The first-order valence-corrected chi connectivity index (χ1v) is 9.65. The lowest BCUT2D eigenvalue weighted by Gasteiger charge is -2.44. The number of hydrogen-bond donors (Lipinski definition) is 1. The first kappa shape index (κ1) is 20.5. The van der Waals surface area contributed by atoms with Gasteiger partial charge in [-0.3, -0.25) is 19.7 Å². The number of nitrogens with one attached hydrogen (secondary N) is 1. The van der Waals surface area contributed by atoms with Crippen molar-refractivity contribution in [1.29, 1.82) is 0 Å². The van der Waals surface area contributed by atoms with E-state index in [-0.39, 0.29) is 23.9 Å². The van der Waals surface area contributed by atoms with Crippen molar-refractivity contribution in [2.24, 2.45) is 0 Å². The standard InChI is InChI=1S/C22H25N3O4/c1-4-22(14-16-10-6-5-7-11-16)21(27)24(3)19(20(26)23-22)13-17-15(2)9-8-12-18(17)25(28)29/h5-12,19H,4,13-14H2,1-3H3,(H,23,26). The van der Waals surface area contributed by atoms with Crippen LogP contribution in [0.2, 0.25) is 0 Å². The molecule has 2 unspecified atom stereocenters. The van der Waals surface area contributed by atoms with Crippen LogP contribution in [0.25, 0.3) is 0 Å². The molecule has 152 valence electrons. The highest BCUT2D eigenvalue weighted by atomic mass is 16.6. The van der Waals surface area contributed by atoms with Crippen LogP contribution < -0.4 is 5.32 Å². The van der Waals surface area contributed by atoms with Crippen molar-refractivity contribution >= 4 is 17.5 Å². The second-order valence-electron chi connectivity index (χ2n) is 7.55. The minimum absolute atomic E-state index is 0.0322. The van der Waals surface area contributed by atoms with Gasteiger partial charge in [-0.25, -0.2) is 0 Å². The molecule has 7 heteroatoms. The number of aryl methyl sites for hydroxylation is 1. The maximum Gasteiger partial charge on any atom is 0.272 e. The van der Waals surface area contributed by atoms with Gasteiger partial charge in [-0.15, -0.1) is 0 Å². The lowest BCUT2D eigenvalue weighted by Crippen LogP contribution is -2.70. The first-order valence-electron chi connectivity index (χ1n) is 9.65. The molecule has 1 heterocycles. The van der Waals surface area contributed by atoms with Crippen molar-refractivity contribution in [3.8, 4) is 0 Å². The number of nitro groups is 1. The van der Waals surface area contributed by atoms with E-state index in [4.69, 9.17) is 0 Å². The summed E-state index contributed by atoms with van der Waals surface area (Å²) < 4.78 is 0. The fourth-order valence-electron chi connectivity index (χ4n) is 4.00. The average Bonchev–Trinajstić information content (AvgIpc) is 2.70. The molecule has 1 fully saturated rings. The van der Waals surface area contributed by atoms with Gasteiger partial charge < -0.3 is 10.2 Å². The topological polar surface area (TPSA) is 92.5 Å². The second kappa shape index (κ2) is 8.03. The number of piperazine rings is 1. The van der Waals surface area contributed by atoms with E-state index < -0.39 is 16.5 Å². The molecule has 1 aliphatic rings. The Balaban J connectivity index is 1.90. The quantitative estimate of drug-likeness (QED) is 0.601. The molecule has 2 amide bonds. The summed E-state index contributed by atoms with van der Waals surface area (Å²) in [6, 6.07) is 13.6. The number of nitro benzene ring substituents is 1. The van der Waals surface area contributed by atoms with Crippen molar-refractivity contribution < 1.29 is 14.5 Å². The zero-order valence-electron chi connectivity index (χ0n) is 16.8. The Morgan fingerprint density at radius 2 is 1.83 bits per heavy atom. The van der Waals surface area contributed by atoms with Gasteiger partial charge in [0.15, 0.2) is 0 Å². The Morgan fingerprint density at radius 1 is 1.14 bits per heavy atom. The molecule has 2 atom stereocenters. The summed E-state index contributed by atoms with van der Waals surface area (Å²) in [4.78, 5) is 38.8. The van der Waals surface area contributed by atoms with E-state index in [1.54, 1.807) is 26.1 Å². The summed E-state index contributed by atoms with van der Waals surface area (Å²) in [7, 11) is 1.60. The van der Waals surface area contributed by atoms with Gasteiger partial charge in [0.05, 0.1) is 4.92 Å². The lowest BCUT2D eigenvalue weighted by molar-refractivity contribution is -0.385. The molecule has 29 heavy (non-hydrogen) atoms. The number of hydrogen-bond acceptors (Lipinski definition) is 4. The zero-order valence-corrected chi connectivity index (χ0v) is 16.8. The summed E-state index contributed by atoms with van der Waals surface area (Å²) >= 11 is 0. The van der Waals surface area contributed by atoms with E-state index in [1.807, 2.05) is 37.3 Å². The third-order valence-corrected chi connectivity index (χ3v) is 5.79. The number of carbonyl (C=O) groups is 2. The van der Waals surface area contributed by atoms with Crippen LogP contribution in [-0.4, -0.2) is 40.3 Å². The van der Waals surface area contributed by atoms with Crippen LogP contribution in [0.1, 0.15) is 30.0 Å². The third kappa shape index (κ3) is 3.85. The highest BCUT2D eigenvalue weighted by Crippen LogP contribution is 2.29. The molecular formula is C22H25N3O4. The van der Waals surface area contributed by atoms with E-state index in [2.05, 4.69) is 5.32 Å². The van der Waals surface area contributed by atoms with Crippen molar-refractivity contribution in [1.82, 2.24) is 10.2 Å². The Labute approximate surface area is 169 Å². The summed E-state index contributed by atoms with van der Waals surface area (Å²) in [6.45, 7) is 3.65. The van der Waals surface area contributed by atoms with E-state index in [0.717, 1.165) is 11.1 Å². The molecule has 1 N–H and O–H groups in total. The number of rotatable bonds is 6. The van der Waals surface area contributed by atoms with Crippen molar-refractivity contribution in [2.45, 2.75) is 44.7 Å². The Hall–Kier alpha value is -3.22. The van der Waals surface area contributed by atoms with Crippen LogP contribution in [0, 0.1) is 17.0 Å². The van der Waals surface area contributed by atoms with E-state index in [0.29, 0.717) is 18.4 Å². The molecule has 3 rings (SSSR count). The first-order chi connectivity index (χ1) is 13.8. The lowest BCUT2D eigenvalue weighted by atomic mass is 9.83. The van der Waals surface area contributed by atoms with Gasteiger partial charge >= 0.3 is 0 Å².